The van der Waals surface area contributed by atoms with Crippen LogP contribution in [0.5, 0.6) is 23.0 Å². The first-order chi connectivity index (χ1) is 48.0. The Morgan fingerprint density at radius 2 is 0.469 bits per heavy atom. The van der Waals surface area contributed by atoms with Gasteiger partial charge in [-0.2, -0.15) is 0 Å². The van der Waals surface area contributed by atoms with E-state index < -0.39 is 28.2 Å². The van der Waals surface area contributed by atoms with E-state index in [0.29, 0.717) is 33.9 Å². The Balaban J connectivity index is 0.000000208. The molecule has 3 aliphatic carbocycles. The van der Waals surface area contributed by atoms with Crippen molar-refractivity contribution in [3.05, 3.63) is 405 Å². The lowest BCUT2D eigenvalue weighted by atomic mass is 9.67. The summed E-state index contributed by atoms with van der Waals surface area (Å²) in [5.41, 5.74) is 20.0. The fourth-order valence-electron chi connectivity index (χ4n) is 15.1. The van der Waals surface area contributed by atoms with Gasteiger partial charge in [-0.1, -0.05) is 263 Å². The van der Waals surface area contributed by atoms with Crippen molar-refractivity contribution in [2.75, 3.05) is 7.11 Å². The number of ketones is 1. The number of fused-ring (bicyclic) bond motifs is 9. The van der Waals surface area contributed by atoms with Crippen LogP contribution in [0, 0.1) is 0 Å². The Bertz CT molecular complexity index is 4990. The Hall–Kier alpha value is -12.3. The molecule has 0 unspecified atom stereocenters. The molecular formula is C90H68O8. The van der Waals surface area contributed by atoms with Gasteiger partial charge in [0.25, 0.3) is 0 Å². The number of hydrogen-bond donors (Lipinski definition) is 0. The molecule has 0 bridgehead atoms. The van der Waals surface area contributed by atoms with Gasteiger partial charge in [0.05, 0.1) is 34.5 Å². The second-order valence-corrected chi connectivity index (χ2v) is 24.3. The summed E-state index contributed by atoms with van der Waals surface area (Å²) in [6.07, 6.45) is 0. The van der Waals surface area contributed by atoms with Crippen LogP contribution in [0.1, 0.15) is 126 Å². The van der Waals surface area contributed by atoms with Crippen LogP contribution in [-0.4, -0.2) is 30.8 Å². The molecule has 16 rings (SSSR count). The minimum Gasteiger partial charge on any atom is -0.497 e. The summed E-state index contributed by atoms with van der Waals surface area (Å²) >= 11 is 0. The van der Waals surface area contributed by atoms with Crippen LogP contribution in [0.25, 0.3) is 33.4 Å². The summed E-state index contributed by atoms with van der Waals surface area (Å²) in [5.74, 6) is 1.03. The second-order valence-electron chi connectivity index (χ2n) is 24.3. The van der Waals surface area contributed by atoms with Crippen molar-refractivity contribution in [1.29, 1.82) is 0 Å². The second kappa shape index (κ2) is 26.5. The maximum absolute atomic E-state index is 14.0. The molecule has 13 aromatic rings. The van der Waals surface area contributed by atoms with Gasteiger partial charge in [-0.3, -0.25) is 9.59 Å². The molecule has 0 radical (unpaired) electrons. The lowest BCUT2D eigenvalue weighted by Crippen LogP contribution is -2.28. The van der Waals surface area contributed by atoms with Gasteiger partial charge in [-0.05, 0) is 180 Å². The zero-order valence-electron chi connectivity index (χ0n) is 54.9. The highest BCUT2D eigenvalue weighted by Gasteiger charge is 2.49. The molecule has 0 saturated carbocycles. The number of hydrogen-bond acceptors (Lipinski definition) is 8. The molecule has 98 heavy (non-hydrogen) atoms. The summed E-state index contributed by atoms with van der Waals surface area (Å²) < 4.78 is 22.6. The number of carbonyl (C=O) groups is 4. The maximum Gasteiger partial charge on any atom is 0.343 e. The summed E-state index contributed by atoms with van der Waals surface area (Å²) in [6.45, 7) is 6.99. The molecule has 0 atom stereocenters. The van der Waals surface area contributed by atoms with Crippen molar-refractivity contribution < 1.29 is 38.1 Å². The Morgan fingerprint density at radius 1 is 0.245 bits per heavy atom. The van der Waals surface area contributed by atoms with Crippen molar-refractivity contribution in [2.24, 2.45) is 0 Å². The van der Waals surface area contributed by atoms with Gasteiger partial charge in [0, 0.05) is 12.5 Å². The molecule has 0 aromatic heterocycles. The van der Waals surface area contributed by atoms with Crippen molar-refractivity contribution in [1.82, 2.24) is 0 Å². The Kier molecular flexibility index (Phi) is 17.1. The molecule has 0 heterocycles. The predicted molar refractivity (Wildman–Crippen MR) is 387 cm³/mol. The van der Waals surface area contributed by atoms with E-state index in [1.54, 1.807) is 26.2 Å². The van der Waals surface area contributed by atoms with Crippen LogP contribution in [0.2, 0.25) is 0 Å². The standard InChI is InChI=1S/C60H40O5.C28H22O3.C2H6/c1-39(61)40-23-27-43(28-24-40)59(53-19-9-5-15-49(53)50-16-6-10-20-54(50)59)44-29-25-42(26-30-44)58(63)65-48-37-33-46(34-38-48)60(55-21-11-7-17-51(55)52-18-8-12-22-56(52)60)45-31-35-47(36-32-45)64-57(62)41-13-3-2-4-14-41;1-19(29)31-23-17-13-21(14-18-23)28(20-11-15-22(30-2)16-12-20)26-9-5-3-7-24(26)25-8-4-6-10-27(25)28;1-2/h2-38H,1H3;3-18H,1-2H3;1-2H3. The van der Waals surface area contributed by atoms with E-state index in [-0.39, 0.29) is 11.8 Å². The smallest absolute Gasteiger partial charge is 0.343 e. The van der Waals surface area contributed by atoms with Gasteiger partial charge in [0.1, 0.15) is 23.0 Å². The molecule has 3 aliphatic rings. The highest BCUT2D eigenvalue weighted by molar-refractivity contribution is 5.96. The van der Waals surface area contributed by atoms with Crippen LogP contribution in [0.4, 0.5) is 0 Å². The highest BCUT2D eigenvalue weighted by atomic mass is 16.5. The minimum atomic E-state index is -0.715. The zero-order valence-corrected chi connectivity index (χ0v) is 54.9. The zero-order chi connectivity index (χ0) is 67.5. The average Bonchev–Trinajstić information content (AvgIpc) is 1.53. The van der Waals surface area contributed by atoms with Crippen molar-refractivity contribution in [2.45, 2.75) is 43.9 Å². The minimum absolute atomic E-state index is 0.0132. The van der Waals surface area contributed by atoms with Crippen LogP contribution >= 0.6 is 0 Å². The van der Waals surface area contributed by atoms with E-state index >= 15 is 0 Å². The molecule has 8 heteroatoms. The molecule has 476 valence electrons. The highest BCUT2D eigenvalue weighted by Crippen LogP contribution is 2.59. The Labute approximate surface area is 571 Å². The summed E-state index contributed by atoms with van der Waals surface area (Å²) in [7, 11) is 1.68. The lowest BCUT2D eigenvalue weighted by molar-refractivity contribution is -0.131. The lowest BCUT2D eigenvalue weighted by Gasteiger charge is -2.34. The van der Waals surface area contributed by atoms with E-state index in [4.69, 9.17) is 18.9 Å². The number of benzene rings is 13. The van der Waals surface area contributed by atoms with Crippen molar-refractivity contribution >= 4 is 23.7 Å². The van der Waals surface area contributed by atoms with Crippen LogP contribution in [0.3, 0.4) is 0 Å². The first kappa shape index (κ1) is 63.2. The quantitative estimate of drug-likeness (QED) is 0.0639. The van der Waals surface area contributed by atoms with E-state index in [9.17, 15) is 19.2 Å². The molecule has 8 nitrogen and oxygen atoms in total. The van der Waals surface area contributed by atoms with Gasteiger partial charge in [0.2, 0.25) is 0 Å². The van der Waals surface area contributed by atoms with Gasteiger partial charge < -0.3 is 18.9 Å². The molecule has 0 N–H and O–H groups in total. The largest absolute Gasteiger partial charge is 0.497 e. The van der Waals surface area contributed by atoms with Gasteiger partial charge in [-0.15, -0.1) is 0 Å². The third kappa shape index (κ3) is 10.7. The van der Waals surface area contributed by atoms with Crippen LogP contribution in [-0.2, 0) is 21.0 Å². The number of methoxy groups -OCH3 is 1. The number of carbonyl (C=O) groups excluding carboxylic acids is 4. The van der Waals surface area contributed by atoms with Crippen molar-refractivity contribution in [3.8, 4) is 56.4 Å². The average molecular weight is 1280 g/mol. The first-order valence-electron chi connectivity index (χ1n) is 33.0. The summed E-state index contributed by atoms with van der Waals surface area (Å²) in [4.78, 5) is 50.6. The van der Waals surface area contributed by atoms with Gasteiger partial charge >= 0.3 is 17.9 Å². The third-order valence-electron chi connectivity index (χ3n) is 19.2. The van der Waals surface area contributed by atoms with Gasteiger partial charge in [-0.25, -0.2) is 9.59 Å². The SMILES string of the molecule is CC.CC(=O)c1ccc(C2(c3ccc(C(=O)Oc4ccc(C5(c6ccc(OC(=O)c7ccccc7)cc6)c6ccccc6-c6ccccc65)cc4)cc3)c3ccccc3-c3ccccc32)cc1.COc1ccc(C2(c3ccc(OC(C)=O)cc3)c3ccccc3-c3ccccc32)cc1. The molecule has 0 aliphatic heterocycles. The molecule has 0 fully saturated rings. The summed E-state index contributed by atoms with van der Waals surface area (Å²) in [6, 6.07) is 107. The first-order valence-corrected chi connectivity index (χ1v) is 33.0. The van der Waals surface area contributed by atoms with Crippen molar-refractivity contribution in [3.63, 3.8) is 0 Å². The molecule has 0 amide bonds. The number of rotatable bonds is 13. The maximum atomic E-state index is 14.0. The van der Waals surface area contributed by atoms with E-state index in [0.717, 1.165) is 83.6 Å². The predicted octanol–water partition coefficient (Wildman–Crippen LogP) is 20.1. The summed E-state index contributed by atoms with van der Waals surface area (Å²) in [5, 5.41) is 0. The molecular weight excluding hydrogens is 1210 g/mol. The fourth-order valence-corrected chi connectivity index (χ4v) is 15.1. The number of esters is 3. The third-order valence-corrected chi connectivity index (χ3v) is 19.2. The van der Waals surface area contributed by atoms with Crippen LogP contribution < -0.4 is 18.9 Å². The molecule has 0 saturated heterocycles. The normalized spacial score (nSPS) is 13.2. The monoisotopic (exact) mass is 1280 g/mol. The van der Waals surface area contributed by atoms with E-state index in [1.165, 1.54) is 29.2 Å². The number of ether oxygens (including phenoxy) is 4. The topological polar surface area (TPSA) is 105 Å². The van der Waals surface area contributed by atoms with Gasteiger partial charge in [0.15, 0.2) is 5.78 Å². The van der Waals surface area contributed by atoms with E-state index in [1.807, 2.05) is 153 Å². The Morgan fingerprint density at radius 3 is 0.735 bits per heavy atom. The van der Waals surface area contributed by atoms with E-state index in [2.05, 4.69) is 170 Å². The molecule has 13 aromatic carbocycles. The number of Topliss-reactive ketones (excluding diaryl/α,β-unsaturated/α-hetero) is 1. The fraction of sp³-hybridized carbons (Fsp3) is 0.0889. The van der Waals surface area contributed by atoms with Crippen LogP contribution in [0.15, 0.2) is 322 Å². The molecule has 0 spiro atoms.